The molecule has 0 heterocycles. The Bertz CT molecular complexity index is 74.8. The molecule has 0 spiro atoms. The van der Waals surface area contributed by atoms with Crippen molar-refractivity contribution in [2.24, 2.45) is 0 Å². The van der Waals surface area contributed by atoms with Crippen LogP contribution < -0.4 is 0 Å². The van der Waals surface area contributed by atoms with Crippen molar-refractivity contribution >= 4 is 18.4 Å². The molecule has 0 rings (SSSR count). The second kappa shape index (κ2) is 5.53. The first kappa shape index (κ1) is 8.39. The smallest absolute Gasteiger partial charge is 0.0654 e. The lowest BCUT2D eigenvalue weighted by Crippen LogP contribution is -1.73. The Morgan fingerprint density at radius 2 is 2.12 bits per heavy atom. The second-order valence-corrected chi connectivity index (χ2v) is 3.96. The van der Waals surface area contributed by atoms with Crippen LogP contribution in [-0.2, 0) is 4.57 Å². The lowest BCUT2D eigenvalue weighted by Gasteiger charge is -1.82. The average molecular weight is 154 g/mol. The molecule has 1 atom stereocenters. The molecule has 1 unspecified atom stereocenters. The average Bonchev–Trinajstić information content (AvgIpc) is 1.66. The van der Waals surface area contributed by atoms with Crippen LogP contribution in [-0.4, -0.2) is 6.16 Å². The number of hydrogen-bond donors (Lipinski definition) is 0. The number of halogens is 1. The van der Waals surface area contributed by atoms with E-state index in [9.17, 15) is 4.57 Å². The van der Waals surface area contributed by atoms with Gasteiger partial charge in [-0.1, -0.05) is 17.9 Å². The van der Waals surface area contributed by atoms with E-state index in [0.717, 1.165) is 12.8 Å². The van der Waals surface area contributed by atoms with E-state index in [1.807, 2.05) is 0 Å². The Hall–Kier alpha value is 0.390. The molecule has 0 aromatic carbocycles. The van der Waals surface area contributed by atoms with Crippen LogP contribution in [0.4, 0.5) is 0 Å². The number of unbranched alkanes of at least 4 members (excludes halogenated alkanes) is 2. The van der Waals surface area contributed by atoms with Gasteiger partial charge in [0.15, 0.2) is 6.16 Å². The molecule has 0 saturated heterocycles. The van der Waals surface area contributed by atoms with E-state index in [4.69, 9.17) is 11.2 Å². The summed E-state index contributed by atoms with van der Waals surface area (Å²) in [6.45, 7) is 2.11. The molecule has 8 heavy (non-hydrogen) atoms. The van der Waals surface area contributed by atoms with Gasteiger partial charge in [-0.05, 0) is 12.8 Å². The Morgan fingerprint density at radius 1 is 1.50 bits per heavy atom. The predicted molar refractivity (Wildman–Crippen MR) is 37.9 cm³/mol. The van der Waals surface area contributed by atoms with Crippen molar-refractivity contribution in [1.82, 2.24) is 0 Å². The van der Waals surface area contributed by atoms with Gasteiger partial charge in [0.05, 0.1) is 0 Å². The van der Waals surface area contributed by atoms with Gasteiger partial charge in [0, 0.05) is 0 Å². The zero-order chi connectivity index (χ0) is 6.41. The molecule has 0 fully saturated rings. The summed E-state index contributed by atoms with van der Waals surface area (Å²) in [5.74, 6) is 0. The van der Waals surface area contributed by atoms with Crippen LogP contribution >= 0.6 is 18.4 Å². The van der Waals surface area contributed by atoms with Crippen molar-refractivity contribution in [2.75, 3.05) is 6.16 Å². The van der Waals surface area contributed by atoms with Gasteiger partial charge in [-0.2, -0.15) is 0 Å². The summed E-state index contributed by atoms with van der Waals surface area (Å²) in [6, 6.07) is 0. The predicted octanol–water partition coefficient (Wildman–Crippen LogP) is 3.16. The molecular formula is C5H11ClOP+. The van der Waals surface area contributed by atoms with Crippen molar-refractivity contribution in [3.8, 4) is 0 Å². The summed E-state index contributed by atoms with van der Waals surface area (Å²) in [7, 11) is -1.39. The van der Waals surface area contributed by atoms with E-state index in [2.05, 4.69) is 6.92 Å². The van der Waals surface area contributed by atoms with Gasteiger partial charge in [-0.25, -0.2) is 0 Å². The van der Waals surface area contributed by atoms with Crippen LogP contribution in [0.5, 0.6) is 0 Å². The standard InChI is InChI=1S/C5H11ClOP/c1-2-3-4-5-8(6)7/h2-5H2,1H3/q+1. The van der Waals surface area contributed by atoms with Crippen LogP contribution in [0.15, 0.2) is 0 Å². The van der Waals surface area contributed by atoms with Crippen molar-refractivity contribution in [3.05, 3.63) is 0 Å². The van der Waals surface area contributed by atoms with Gasteiger partial charge < -0.3 is 0 Å². The highest BCUT2D eigenvalue weighted by molar-refractivity contribution is 7.73. The molecule has 0 aromatic rings. The van der Waals surface area contributed by atoms with E-state index in [-0.39, 0.29) is 0 Å². The van der Waals surface area contributed by atoms with Crippen LogP contribution in [0.3, 0.4) is 0 Å². The van der Waals surface area contributed by atoms with Crippen LogP contribution in [0.25, 0.3) is 0 Å². The second-order valence-electron chi connectivity index (χ2n) is 1.75. The highest BCUT2D eigenvalue weighted by Crippen LogP contribution is 2.27. The summed E-state index contributed by atoms with van der Waals surface area (Å²) in [6.07, 6.45) is 4.01. The Kier molecular flexibility index (Phi) is 5.79. The molecule has 0 amide bonds. The zero-order valence-electron chi connectivity index (χ0n) is 5.06. The Morgan fingerprint density at radius 3 is 2.50 bits per heavy atom. The van der Waals surface area contributed by atoms with Crippen LogP contribution in [0.1, 0.15) is 26.2 Å². The van der Waals surface area contributed by atoms with Crippen LogP contribution in [0.2, 0.25) is 0 Å². The first-order chi connectivity index (χ1) is 3.77. The minimum Gasteiger partial charge on any atom is -0.0654 e. The minimum atomic E-state index is -1.39. The van der Waals surface area contributed by atoms with Gasteiger partial charge >= 0.3 is 7.15 Å². The topological polar surface area (TPSA) is 17.1 Å². The quantitative estimate of drug-likeness (QED) is 0.448. The number of hydrogen-bond acceptors (Lipinski definition) is 1. The highest BCUT2D eigenvalue weighted by Gasteiger charge is 2.07. The Labute approximate surface area is 56.0 Å². The first-order valence-electron chi connectivity index (χ1n) is 2.87. The summed E-state index contributed by atoms with van der Waals surface area (Å²) < 4.78 is 10.2. The molecule has 48 valence electrons. The fourth-order valence-electron chi connectivity index (χ4n) is 0.486. The molecule has 0 aliphatic carbocycles. The van der Waals surface area contributed by atoms with Crippen molar-refractivity contribution < 1.29 is 4.57 Å². The maximum atomic E-state index is 10.2. The lowest BCUT2D eigenvalue weighted by molar-refractivity contribution is 0.593. The molecule has 0 aliphatic heterocycles. The monoisotopic (exact) mass is 153 g/mol. The summed E-state index contributed by atoms with van der Waals surface area (Å²) in [5.41, 5.74) is 0. The summed E-state index contributed by atoms with van der Waals surface area (Å²) >= 11 is 5.22. The van der Waals surface area contributed by atoms with Gasteiger partial charge in [0.25, 0.3) is 0 Å². The third kappa shape index (κ3) is 6.39. The lowest BCUT2D eigenvalue weighted by atomic mass is 10.3. The van der Waals surface area contributed by atoms with E-state index >= 15 is 0 Å². The van der Waals surface area contributed by atoms with Gasteiger partial charge in [-0.15, -0.1) is 0 Å². The van der Waals surface area contributed by atoms with E-state index in [1.54, 1.807) is 0 Å². The molecule has 0 aliphatic rings. The van der Waals surface area contributed by atoms with E-state index in [1.165, 1.54) is 6.42 Å². The van der Waals surface area contributed by atoms with Crippen molar-refractivity contribution in [2.45, 2.75) is 26.2 Å². The first-order valence-corrected chi connectivity index (χ1v) is 5.22. The molecule has 0 saturated carbocycles. The molecule has 1 nitrogen and oxygen atoms in total. The zero-order valence-corrected chi connectivity index (χ0v) is 6.71. The van der Waals surface area contributed by atoms with Gasteiger partial charge in [0.2, 0.25) is 11.2 Å². The summed E-state index contributed by atoms with van der Waals surface area (Å²) in [4.78, 5) is 0. The van der Waals surface area contributed by atoms with Crippen molar-refractivity contribution in [3.63, 3.8) is 0 Å². The maximum Gasteiger partial charge on any atom is 0.454 e. The van der Waals surface area contributed by atoms with Gasteiger partial charge in [-0.3, -0.25) is 0 Å². The SMILES string of the molecule is CCCCC[P+](=O)Cl. The largest absolute Gasteiger partial charge is 0.454 e. The molecule has 0 radical (unpaired) electrons. The van der Waals surface area contributed by atoms with Crippen LogP contribution in [0, 0.1) is 0 Å². The normalized spacial score (nSPS) is 11.5. The highest BCUT2D eigenvalue weighted by atomic mass is 35.7. The molecular weight excluding hydrogens is 142 g/mol. The molecule has 0 bridgehead atoms. The molecule has 0 aromatic heterocycles. The third-order valence-electron chi connectivity index (χ3n) is 0.937. The van der Waals surface area contributed by atoms with E-state index < -0.39 is 7.15 Å². The minimum absolute atomic E-state index is 0.685. The molecule has 0 N–H and O–H groups in total. The Balaban J connectivity index is 2.82. The fraction of sp³-hybridized carbons (Fsp3) is 1.00. The van der Waals surface area contributed by atoms with Crippen molar-refractivity contribution in [1.29, 1.82) is 0 Å². The van der Waals surface area contributed by atoms with E-state index in [0.29, 0.717) is 6.16 Å². The summed E-state index contributed by atoms with van der Waals surface area (Å²) in [5, 5.41) is 0. The molecule has 3 heteroatoms. The third-order valence-corrected chi connectivity index (χ3v) is 2.11. The number of rotatable bonds is 4. The van der Waals surface area contributed by atoms with Gasteiger partial charge in [0.1, 0.15) is 0 Å². The maximum absolute atomic E-state index is 10.2. The fourth-order valence-corrected chi connectivity index (χ4v) is 1.32.